The van der Waals surface area contributed by atoms with Crippen molar-refractivity contribution in [3.05, 3.63) is 42.5 Å². The van der Waals surface area contributed by atoms with E-state index in [2.05, 4.69) is 15.9 Å². The van der Waals surface area contributed by atoms with Gasteiger partial charge in [-0.1, -0.05) is 52.3 Å². The van der Waals surface area contributed by atoms with Crippen LogP contribution in [0.2, 0.25) is 0 Å². The van der Waals surface area contributed by atoms with Gasteiger partial charge in [-0.3, -0.25) is 0 Å². The summed E-state index contributed by atoms with van der Waals surface area (Å²) >= 11 is 3.35. The number of rotatable bonds is 3. The van der Waals surface area contributed by atoms with E-state index in [9.17, 15) is 8.42 Å². The second-order valence-electron chi connectivity index (χ2n) is 4.99. The number of hydrogen-bond donors (Lipinski definition) is 0. The van der Waals surface area contributed by atoms with Gasteiger partial charge in [-0.15, -0.1) is 0 Å². The second kappa shape index (κ2) is 6.04. The summed E-state index contributed by atoms with van der Waals surface area (Å²) in [5, 5.41) is 2.33. The molecule has 0 spiro atoms. The van der Waals surface area contributed by atoms with E-state index < -0.39 is 10.0 Å². The summed E-state index contributed by atoms with van der Waals surface area (Å²) in [6, 6.07) is 12.9. The third kappa shape index (κ3) is 2.85. The van der Waals surface area contributed by atoms with E-state index in [-0.39, 0.29) is 6.10 Å². The summed E-state index contributed by atoms with van der Waals surface area (Å²) in [5.41, 5.74) is 0. The molecule has 3 rings (SSSR count). The van der Waals surface area contributed by atoms with Gasteiger partial charge in [-0.2, -0.15) is 4.31 Å². The zero-order chi connectivity index (χ0) is 14.9. The Hall–Kier alpha value is -0.950. The van der Waals surface area contributed by atoms with Gasteiger partial charge in [0, 0.05) is 23.8 Å². The molecule has 1 saturated heterocycles. The van der Waals surface area contributed by atoms with Crippen molar-refractivity contribution in [3.63, 3.8) is 0 Å². The first-order valence-corrected chi connectivity index (χ1v) is 9.34. The van der Waals surface area contributed by atoms with E-state index in [0.29, 0.717) is 29.9 Å². The number of hydrogen-bond acceptors (Lipinski definition) is 3. The molecule has 21 heavy (non-hydrogen) atoms. The summed E-state index contributed by atoms with van der Waals surface area (Å²) in [5.74, 6) is 0. The lowest BCUT2D eigenvalue weighted by atomic mass is 10.1. The Morgan fingerprint density at radius 3 is 2.76 bits per heavy atom. The van der Waals surface area contributed by atoms with Gasteiger partial charge in [-0.25, -0.2) is 8.42 Å². The molecule has 112 valence electrons. The Balaban J connectivity index is 2.04. The number of alkyl halides is 1. The van der Waals surface area contributed by atoms with E-state index in [1.165, 1.54) is 4.31 Å². The summed E-state index contributed by atoms with van der Waals surface area (Å²) in [6.45, 7) is 1.21. The number of morpholine rings is 1. The lowest BCUT2D eigenvalue weighted by Crippen LogP contribution is -2.46. The van der Waals surface area contributed by atoms with Gasteiger partial charge in [0.15, 0.2) is 0 Å². The first-order chi connectivity index (χ1) is 10.1. The summed E-state index contributed by atoms with van der Waals surface area (Å²) < 4.78 is 32.9. The Labute approximate surface area is 132 Å². The maximum absolute atomic E-state index is 12.9. The van der Waals surface area contributed by atoms with Crippen LogP contribution >= 0.6 is 15.9 Å². The van der Waals surface area contributed by atoms with Gasteiger partial charge in [-0.05, 0) is 11.5 Å². The Bertz CT molecular complexity index is 742. The SMILES string of the molecule is O=S(=O)(c1cccc2ccccc12)N1CCOC(CBr)C1. The Morgan fingerprint density at radius 1 is 1.19 bits per heavy atom. The molecule has 0 aromatic heterocycles. The largest absolute Gasteiger partial charge is 0.375 e. The lowest BCUT2D eigenvalue weighted by Gasteiger charge is -2.31. The van der Waals surface area contributed by atoms with E-state index in [1.807, 2.05) is 30.3 Å². The predicted molar refractivity (Wildman–Crippen MR) is 86.2 cm³/mol. The number of nitrogens with zero attached hydrogens (tertiary/aromatic N) is 1. The molecular weight excluding hydrogens is 354 g/mol. The Kier molecular flexibility index (Phi) is 4.31. The van der Waals surface area contributed by atoms with Gasteiger partial charge in [0.2, 0.25) is 10.0 Å². The minimum Gasteiger partial charge on any atom is -0.375 e. The van der Waals surface area contributed by atoms with Crippen molar-refractivity contribution in [2.45, 2.75) is 11.0 Å². The van der Waals surface area contributed by atoms with Crippen molar-refractivity contribution in [3.8, 4) is 0 Å². The highest BCUT2D eigenvalue weighted by atomic mass is 79.9. The highest BCUT2D eigenvalue weighted by molar-refractivity contribution is 9.09. The molecule has 0 aliphatic carbocycles. The van der Waals surface area contributed by atoms with Crippen LogP contribution in [0.3, 0.4) is 0 Å². The third-order valence-electron chi connectivity index (χ3n) is 3.64. The first-order valence-electron chi connectivity index (χ1n) is 6.78. The number of halogens is 1. The zero-order valence-corrected chi connectivity index (χ0v) is 13.8. The highest BCUT2D eigenvalue weighted by Crippen LogP contribution is 2.26. The van der Waals surface area contributed by atoms with Crippen molar-refractivity contribution in [1.82, 2.24) is 4.31 Å². The quantitative estimate of drug-likeness (QED) is 0.781. The molecule has 4 nitrogen and oxygen atoms in total. The fourth-order valence-corrected chi connectivity index (χ4v) is 4.63. The van der Waals surface area contributed by atoms with Crippen molar-refractivity contribution < 1.29 is 13.2 Å². The average molecular weight is 370 g/mol. The molecule has 0 bridgehead atoms. The first kappa shape index (κ1) is 15.0. The van der Waals surface area contributed by atoms with E-state index in [4.69, 9.17) is 4.74 Å². The van der Waals surface area contributed by atoms with Crippen LogP contribution in [0.4, 0.5) is 0 Å². The molecule has 1 aliphatic heterocycles. The van der Waals surface area contributed by atoms with Crippen molar-refractivity contribution in [2.24, 2.45) is 0 Å². The van der Waals surface area contributed by atoms with Gasteiger partial charge >= 0.3 is 0 Å². The topological polar surface area (TPSA) is 46.6 Å². The van der Waals surface area contributed by atoms with E-state index in [1.54, 1.807) is 12.1 Å². The molecule has 2 aromatic rings. The van der Waals surface area contributed by atoms with Crippen LogP contribution in [-0.4, -0.2) is 43.9 Å². The van der Waals surface area contributed by atoms with Gasteiger partial charge < -0.3 is 4.74 Å². The molecule has 1 fully saturated rings. The van der Waals surface area contributed by atoms with Crippen LogP contribution in [0, 0.1) is 0 Å². The molecule has 1 aliphatic rings. The van der Waals surface area contributed by atoms with Crippen LogP contribution in [-0.2, 0) is 14.8 Å². The van der Waals surface area contributed by atoms with Crippen LogP contribution < -0.4 is 0 Å². The van der Waals surface area contributed by atoms with Crippen LogP contribution in [0.25, 0.3) is 10.8 Å². The van der Waals surface area contributed by atoms with Crippen molar-refractivity contribution in [1.29, 1.82) is 0 Å². The highest BCUT2D eigenvalue weighted by Gasteiger charge is 2.31. The fraction of sp³-hybridized carbons (Fsp3) is 0.333. The van der Waals surface area contributed by atoms with Crippen molar-refractivity contribution >= 4 is 36.7 Å². The minimum absolute atomic E-state index is 0.0940. The number of sulfonamides is 1. The molecule has 6 heteroatoms. The lowest BCUT2D eigenvalue weighted by molar-refractivity contribution is 0.0137. The smallest absolute Gasteiger partial charge is 0.243 e. The number of benzene rings is 2. The number of ether oxygens (including phenoxy) is 1. The van der Waals surface area contributed by atoms with Gasteiger partial charge in [0.1, 0.15) is 0 Å². The average Bonchev–Trinajstić information content (AvgIpc) is 2.54. The van der Waals surface area contributed by atoms with Gasteiger partial charge in [0.05, 0.1) is 17.6 Å². The summed E-state index contributed by atoms with van der Waals surface area (Å²) in [6.07, 6.45) is -0.0940. The maximum atomic E-state index is 12.9. The summed E-state index contributed by atoms with van der Waals surface area (Å²) in [7, 11) is -3.50. The molecule has 0 radical (unpaired) electrons. The van der Waals surface area contributed by atoms with Crippen LogP contribution in [0.15, 0.2) is 47.4 Å². The molecule has 1 unspecified atom stereocenters. The van der Waals surface area contributed by atoms with Gasteiger partial charge in [0.25, 0.3) is 0 Å². The molecule has 0 saturated carbocycles. The number of fused-ring (bicyclic) bond motifs is 1. The van der Waals surface area contributed by atoms with Crippen LogP contribution in [0.1, 0.15) is 0 Å². The predicted octanol–water partition coefficient (Wildman–Crippen LogP) is 2.62. The normalized spacial score (nSPS) is 20.7. The molecule has 0 N–H and O–H groups in total. The Morgan fingerprint density at radius 2 is 1.95 bits per heavy atom. The molecular formula is C15H16BrNO3S. The zero-order valence-electron chi connectivity index (χ0n) is 11.4. The standard InChI is InChI=1S/C15H16BrNO3S/c16-10-13-11-17(8-9-20-13)21(18,19)15-7-3-5-12-4-1-2-6-14(12)15/h1-7,13H,8-11H2. The molecule has 2 aromatic carbocycles. The minimum atomic E-state index is -3.50. The maximum Gasteiger partial charge on any atom is 0.243 e. The van der Waals surface area contributed by atoms with Crippen LogP contribution in [0.5, 0.6) is 0 Å². The third-order valence-corrected chi connectivity index (χ3v) is 6.29. The molecule has 1 heterocycles. The monoisotopic (exact) mass is 369 g/mol. The van der Waals surface area contributed by atoms with E-state index >= 15 is 0 Å². The second-order valence-corrected chi connectivity index (χ2v) is 7.54. The summed E-state index contributed by atoms with van der Waals surface area (Å²) in [4.78, 5) is 0.371. The molecule has 1 atom stereocenters. The van der Waals surface area contributed by atoms with Crippen molar-refractivity contribution in [2.75, 3.05) is 25.0 Å². The molecule has 0 amide bonds. The fourth-order valence-electron chi connectivity index (χ4n) is 2.56. The van der Waals surface area contributed by atoms with E-state index in [0.717, 1.165) is 10.8 Å².